The summed E-state index contributed by atoms with van der Waals surface area (Å²) < 4.78 is 0. The highest BCUT2D eigenvalue weighted by atomic mass is 35.5. The minimum absolute atomic E-state index is 0.675. The van der Waals surface area contributed by atoms with Crippen molar-refractivity contribution in [3.8, 4) is 0 Å². The van der Waals surface area contributed by atoms with Crippen LogP contribution in [0, 0.1) is 0 Å². The van der Waals surface area contributed by atoms with Crippen molar-refractivity contribution in [3.63, 3.8) is 0 Å². The molecule has 0 radical (unpaired) electrons. The van der Waals surface area contributed by atoms with Crippen LogP contribution in [0.1, 0.15) is 0 Å². The Morgan fingerprint density at radius 1 is 0.633 bits per heavy atom. The molecule has 4 rings (SSSR count). The predicted molar refractivity (Wildman–Crippen MR) is 135 cm³/mol. The van der Waals surface area contributed by atoms with E-state index in [4.69, 9.17) is 23.2 Å². The fourth-order valence-corrected chi connectivity index (χ4v) is 4.38. The van der Waals surface area contributed by atoms with Gasteiger partial charge < -0.3 is 16.0 Å². The third kappa shape index (κ3) is 4.62. The van der Waals surface area contributed by atoms with Gasteiger partial charge in [0.2, 0.25) is 0 Å². The van der Waals surface area contributed by atoms with Crippen LogP contribution in [-0.4, -0.2) is 26.2 Å². The van der Waals surface area contributed by atoms with Crippen molar-refractivity contribution in [2.24, 2.45) is 0 Å². The van der Waals surface area contributed by atoms with Gasteiger partial charge in [0.15, 0.2) is 0 Å². The van der Waals surface area contributed by atoms with Gasteiger partial charge in [0.05, 0.1) is 21.4 Å². The molecule has 3 nitrogen and oxygen atoms in total. The fraction of sp³-hybridized carbons (Fsp3) is 0.167. The van der Waals surface area contributed by atoms with Crippen LogP contribution in [-0.2, 0) is 0 Å². The van der Waals surface area contributed by atoms with Gasteiger partial charge in [-0.1, -0.05) is 71.7 Å². The van der Waals surface area contributed by atoms with Crippen LogP contribution in [0.5, 0.6) is 0 Å². The first kappa shape index (κ1) is 21.1. The van der Waals surface area contributed by atoms with Crippen molar-refractivity contribution < 1.29 is 0 Å². The average Bonchev–Trinajstić information content (AvgIpc) is 2.76. The largest absolute Gasteiger partial charge is 0.382 e. The molecule has 0 spiro atoms. The Morgan fingerprint density at radius 3 is 2.17 bits per heavy atom. The summed E-state index contributed by atoms with van der Waals surface area (Å²) >= 11 is 17.4. The van der Waals surface area contributed by atoms with Crippen molar-refractivity contribution in [3.05, 3.63) is 76.8 Å². The molecule has 0 heterocycles. The zero-order chi connectivity index (χ0) is 20.9. The maximum Gasteiger partial charge on any atom is 0.0644 e. The Bertz CT molecular complexity index is 1180. The maximum atomic E-state index is 6.41. The van der Waals surface area contributed by atoms with E-state index in [1.165, 1.54) is 10.8 Å². The van der Waals surface area contributed by atoms with Crippen LogP contribution in [0.3, 0.4) is 0 Å². The molecule has 154 valence electrons. The number of nitrogens with one attached hydrogen (secondary N) is 3. The summed E-state index contributed by atoms with van der Waals surface area (Å²) in [7, 11) is 0. The summed E-state index contributed by atoms with van der Waals surface area (Å²) in [4.78, 5) is 0.956. The lowest BCUT2D eigenvalue weighted by Crippen LogP contribution is -2.27. The van der Waals surface area contributed by atoms with E-state index in [-0.39, 0.29) is 0 Å². The van der Waals surface area contributed by atoms with Gasteiger partial charge in [-0.25, -0.2) is 0 Å². The fourth-order valence-electron chi connectivity index (χ4n) is 3.60. The molecule has 0 saturated carbocycles. The normalized spacial score (nSPS) is 11.2. The molecular weight excluding hydrogens is 433 g/mol. The second-order valence-corrected chi connectivity index (χ2v) is 8.34. The van der Waals surface area contributed by atoms with Crippen LogP contribution in [0.4, 0.5) is 11.4 Å². The minimum atomic E-state index is 0.675. The van der Waals surface area contributed by atoms with Gasteiger partial charge in [-0.05, 0) is 29.0 Å². The minimum Gasteiger partial charge on any atom is -0.382 e. The summed E-state index contributed by atoms with van der Waals surface area (Å²) in [5, 5.41) is 16.2. The molecule has 0 atom stereocenters. The summed E-state index contributed by atoms with van der Waals surface area (Å²) in [5.41, 5.74) is 1.96. The molecule has 30 heavy (non-hydrogen) atoms. The first-order valence-corrected chi connectivity index (χ1v) is 11.1. The van der Waals surface area contributed by atoms with E-state index in [1.54, 1.807) is 0 Å². The molecule has 0 unspecified atom stereocenters. The summed E-state index contributed by atoms with van der Waals surface area (Å²) in [6.45, 7) is 3.20. The van der Waals surface area contributed by atoms with E-state index in [0.29, 0.717) is 10.0 Å². The lowest BCUT2D eigenvalue weighted by atomic mass is 10.1. The third-order valence-electron chi connectivity index (χ3n) is 5.06. The molecule has 4 aromatic rings. The van der Waals surface area contributed by atoms with Gasteiger partial charge >= 0.3 is 0 Å². The van der Waals surface area contributed by atoms with E-state index in [1.807, 2.05) is 42.5 Å². The maximum absolute atomic E-state index is 6.41. The lowest BCUT2D eigenvalue weighted by molar-refractivity contribution is 0.719. The Morgan fingerprint density at radius 2 is 1.33 bits per heavy atom. The van der Waals surface area contributed by atoms with Gasteiger partial charge in [0, 0.05) is 41.8 Å². The number of halogens is 2. The third-order valence-corrected chi connectivity index (χ3v) is 6.06. The number of hydrogen-bond donors (Lipinski definition) is 4. The highest BCUT2D eigenvalue weighted by Gasteiger charge is 2.09. The van der Waals surface area contributed by atoms with Crippen LogP contribution >= 0.6 is 35.8 Å². The standard InChI is InChI=1S/C24H23Cl2N3S/c25-19-7-3-5-17-8-10-20(26)24(22(17)19)29-15-13-27-12-14-28-23-18-6-2-1-4-16(18)9-11-21(23)30/h1-11,27-30H,12-15H2. The highest BCUT2D eigenvalue weighted by molar-refractivity contribution is 7.80. The second kappa shape index (κ2) is 9.80. The number of rotatable bonds is 8. The zero-order valence-corrected chi connectivity index (χ0v) is 18.8. The van der Waals surface area contributed by atoms with E-state index in [9.17, 15) is 0 Å². The molecule has 3 N–H and O–H groups in total. The van der Waals surface area contributed by atoms with Gasteiger partial charge in [0.1, 0.15) is 0 Å². The van der Waals surface area contributed by atoms with Crippen molar-refractivity contribution in [1.82, 2.24) is 5.32 Å². The first-order valence-electron chi connectivity index (χ1n) is 9.91. The number of thiol groups is 1. The molecule has 0 aliphatic carbocycles. The number of anilines is 2. The van der Waals surface area contributed by atoms with Crippen molar-refractivity contribution in [2.75, 3.05) is 36.8 Å². The van der Waals surface area contributed by atoms with Crippen LogP contribution < -0.4 is 16.0 Å². The first-order chi connectivity index (χ1) is 14.6. The molecule has 0 bridgehead atoms. The highest BCUT2D eigenvalue weighted by Crippen LogP contribution is 2.35. The van der Waals surface area contributed by atoms with Gasteiger partial charge in [-0.3, -0.25) is 0 Å². The Hall–Kier alpha value is -2.11. The predicted octanol–water partition coefficient (Wildman–Crippen LogP) is 6.70. The Labute approximate surface area is 192 Å². The number of hydrogen-bond acceptors (Lipinski definition) is 4. The van der Waals surface area contributed by atoms with E-state index < -0.39 is 0 Å². The second-order valence-electron chi connectivity index (χ2n) is 7.04. The van der Waals surface area contributed by atoms with Crippen molar-refractivity contribution in [1.29, 1.82) is 0 Å². The number of fused-ring (bicyclic) bond motifs is 2. The summed E-state index contributed by atoms with van der Waals surface area (Å²) in [6, 6.07) is 22.2. The van der Waals surface area contributed by atoms with Crippen LogP contribution in [0.25, 0.3) is 21.5 Å². The molecule has 6 heteroatoms. The molecule has 0 saturated heterocycles. The molecule has 0 amide bonds. The van der Waals surface area contributed by atoms with Crippen LogP contribution in [0.2, 0.25) is 10.0 Å². The molecule has 4 aromatic carbocycles. The van der Waals surface area contributed by atoms with Gasteiger partial charge in [-0.15, -0.1) is 12.6 Å². The van der Waals surface area contributed by atoms with E-state index in [0.717, 1.165) is 53.2 Å². The SMILES string of the molecule is Sc1ccc2ccccc2c1NCCNCCNc1c(Cl)ccc2cccc(Cl)c12. The quantitative estimate of drug-likeness (QED) is 0.176. The van der Waals surface area contributed by atoms with Gasteiger partial charge in [0.25, 0.3) is 0 Å². The van der Waals surface area contributed by atoms with Crippen LogP contribution in [0.15, 0.2) is 71.6 Å². The van der Waals surface area contributed by atoms with E-state index >= 15 is 0 Å². The number of benzene rings is 4. The smallest absolute Gasteiger partial charge is 0.0644 e. The molecule has 0 aliphatic heterocycles. The zero-order valence-electron chi connectivity index (χ0n) is 16.4. The topological polar surface area (TPSA) is 36.1 Å². The van der Waals surface area contributed by atoms with Gasteiger partial charge in [-0.2, -0.15) is 0 Å². The molecule has 0 aliphatic rings. The Kier molecular flexibility index (Phi) is 6.90. The average molecular weight is 456 g/mol. The molecular formula is C24H23Cl2N3S. The van der Waals surface area contributed by atoms with E-state index in [2.05, 4.69) is 52.8 Å². The molecule has 0 aromatic heterocycles. The lowest BCUT2D eigenvalue weighted by Gasteiger charge is -2.15. The summed E-state index contributed by atoms with van der Waals surface area (Å²) in [6.07, 6.45) is 0. The van der Waals surface area contributed by atoms with Crippen molar-refractivity contribution in [2.45, 2.75) is 4.90 Å². The van der Waals surface area contributed by atoms with Crippen molar-refractivity contribution >= 4 is 68.8 Å². The summed E-state index contributed by atoms with van der Waals surface area (Å²) in [5.74, 6) is 0. The molecule has 0 fully saturated rings. The Balaban J connectivity index is 1.29. The monoisotopic (exact) mass is 455 g/mol.